The molecule has 94 valence electrons. The van der Waals surface area contributed by atoms with E-state index in [2.05, 4.69) is 54.6 Å². The molecule has 0 spiro atoms. The van der Waals surface area contributed by atoms with Gasteiger partial charge in [0.25, 0.3) is 0 Å². The Morgan fingerprint density at radius 3 is 2.65 bits per heavy atom. The number of rotatable bonds is 3. The minimum absolute atomic E-state index is 0.334. The van der Waals surface area contributed by atoms with Gasteiger partial charge in [-0.15, -0.1) is 0 Å². The smallest absolute Gasteiger partial charge is 0.00902 e. The van der Waals surface area contributed by atoms with E-state index in [1.54, 1.807) is 0 Å². The summed E-state index contributed by atoms with van der Waals surface area (Å²) >= 11 is 0. The van der Waals surface area contributed by atoms with Crippen LogP contribution >= 0.6 is 0 Å². The Balaban J connectivity index is 2.25. The number of benzene rings is 1. The second-order valence-electron chi connectivity index (χ2n) is 5.33. The highest BCUT2D eigenvalue weighted by Gasteiger charge is 2.32. The summed E-state index contributed by atoms with van der Waals surface area (Å²) in [5.74, 6) is 0. The van der Waals surface area contributed by atoms with Crippen molar-refractivity contribution in [3.8, 4) is 0 Å². The minimum atomic E-state index is 0.334. The quantitative estimate of drug-likeness (QED) is 0.860. The van der Waals surface area contributed by atoms with E-state index in [9.17, 15) is 0 Å². The van der Waals surface area contributed by atoms with Crippen molar-refractivity contribution in [1.82, 2.24) is 10.2 Å². The summed E-state index contributed by atoms with van der Waals surface area (Å²) in [6.45, 7) is 3.53. The van der Waals surface area contributed by atoms with Gasteiger partial charge in [-0.3, -0.25) is 0 Å². The molecule has 1 aliphatic rings. The largest absolute Gasteiger partial charge is 0.319 e. The predicted octanol–water partition coefficient (Wildman–Crippen LogP) is 2.26. The van der Waals surface area contributed by atoms with Crippen molar-refractivity contribution >= 4 is 0 Å². The van der Waals surface area contributed by atoms with Crippen LogP contribution in [0.15, 0.2) is 30.3 Å². The SMILES string of the molecule is CNCC1(c2ccccc2)CCCN(C)CC1. The Bertz CT molecular complexity index is 336. The third-order valence-electron chi connectivity index (χ3n) is 4.07. The normalized spacial score (nSPS) is 26.7. The van der Waals surface area contributed by atoms with Gasteiger partial charge < -0.3 is 10.2 Å². The molecule has 1 aromatic carbocycles. The van der Waals surface area contributed by atoms with E-state index in [1.165, 1.54) is 37.9 Å². The first-order chi connectivity index (χ1) is 8.27. The average molecular weight is 232 g/mol. The van der Waals surface area contributed by atoms with Crippen molar-refractivity contribution in [1.29, 1.82) is 0 Å². The molecular formula is C15H24N2. The summed E-state index contributed by atoms with van der Waals surface area (Å²) in [5.41, 5.74) is 1.84. The highest BCUT2D eigenvalue weighted by Crippen LogP contribution is 2.34. The average Bonchev–Trinajstić information content (AvgIpc) is 2.55. The van der Waals surface area contributed by atoms with Gasteiger partial charge in [0.1, 0.15) is 0 Å². The maximum absolute atomic E-state index is 3.40. The van der Waals surface area contributed by atoms with E-state index in [1.807, 2.05) is 0 Å². The number of likely N-dealkylation sites (tertiary alicyclic amines) is 1. The minimum Gasteiger partial charge on any atom is -0.319 e. The lowest BCUT2D eigenvalue weighted by molar-refractivity contribution is 0.322. The van der Waals surface area contributed by atoms with E-state index in [0.717, 1.165) is 6.54 Å². The summed E-state index contributed by atoms with van der Waals surface area (Å²) in [7, 11) is 4.31. The van der Waals surface area contributed by atoms with Gasteiger partial charge in [0.2, 0.25) is 0 Å². The molecule has 0 aliphatic carbocycles. The van der Waals surface area contributed by atoms with Gasteiger partial charge in [-0.2, -0.15) is 0 Å². The van der Waals surface area contributed by atoms with Gasteiger partial charge in [0, 0.05) is 12.0 Å². The summed E-state index contributed by atoms with van der Waals surface area (Å²) in [6.07, 6.45) is 3.85. The van der Waals surface area contributed by atoms with E-state index < -0.39 is 0 Å². The predicted molar refractivity (Wildman–Crippen MR) is 73.4 cm³/mol. The maximum Gasteiger partial charge on any atom is 0.00902 e. The number of nitrogens with one attached hydrogen (secondary N) is 1. The molecule has 1 atom stereocenters. The molecule has 2 nitrogen and oxygen atoms in total. The zero-order chi connectivity index (χ0) is 12.1. The maximum atomic E-state index is 3.40. The zero-order valence-electron chi connectivity index (χ0n) is 11.1. The monoisotopic (exact) mass is 232 g/mol. The fourth-order valence-corrected chi connectivity index (χ4v) is 3.03. The highest BCUT2D eigenvalue weighted by molar-refractivity contribution is 5.26. The third kappa shape index (κ3) is 2.88. The van der Waals surface area contributed by atoms with Crippen LogP contribution in [-0.2, 0) is 5.41 Å². The fraction of sp³-hybridized carbons (Fsp3) is 0.600. The first-order valence-corrected chi connectivity index (χ1v) is 6.65. The first kappa shape index (κ1) is 12.6. The number of hydrogen-bond donors (Lipinski definition) is 1. The van der Waals surface area contributed by atoms with Gasteiger partial charge in [-0.25, -0.2) is 0 Å². The topological polar surface area (TPSA) is 15.3 Å². The lowest BCUT2D eigenvalue weighted by Crippen LogP contribution is -2.37. The molecular weight excluding hydrogens is 208 g/mol. The molecule has 0 bridgehead atoms. The van der Waals surface area contributed by atoms with Gasteiger partial charge in [-0.05, 0) is 52.0 Å². The molecule has 0 saturated carbocycles. The van der Waals surface area contributed by atoms with Gasteiger partial charge in [-0.1, -0.05) is 30.3 Å². The Hall–Kier alpha value is -0.860. The number of hydrogen-bond acceptors (Lipinski definition) is 2. The summed E-state index contributed by atoms with van der Waals surface area (Å²) in [5, 5.41) is 3.40. The molecule has 1 aromatic rings. The molecule has 0 radical (unpaired) electrons. The molecule has 1 unspecified atom stereocenters. The Kier molecular flexibility index (Phi) is 4.19. The highest BCUT2D eigenvalue weighted by atomic mass is 15.1. The Morgan fingerprint density at radius 2 is 1.94 bits per heavy atom. The standard InChI is InChI=1S/C15H24N2/c1-16-13-15(14-7-4-3-5-8-14)9-6-11-17(2)12-10-15/h3-5,7-8,16H,6,9-13H2,1-2H3. The van der Waals surface area contributed by atoms with Crippen molar-refractivity contribution in [2.45, 2.75) is 24.7 Å². The lowest BCUT2D eigenvalue weighted by Gasteiger charge is -2.33. The van der Waals surface area contributed by atoms with Crippen LogP contribution in [0.4, 0.5) is 0 Å². The van der Waals surface area contributed by atoms with Crippen LogP contribution in [0, 0.1) is 0 Å². The van der Waals surface area contributed by atoms with Crippen molar-refractivity contribution in [2.24, 2.45) is 0 Å². The molecule has 0 aromatic heterocycles. The van der Waals surface area contributed by atoms with E-state index in [0.29, 0.717) is 5.41 Å². The molecule has 2 rings (SSSR count). The van der Waals surface area contributed by atoms with Crippen LogP contribution in [0.3, 0.4) is 0 Å². The van der Waals surface area contributed by atoms with Crippen molar-refractivity contribution in [3.63, 3.8) is 0 Å². The van der Waals surface area contributed by atoms with Crippen LogP contribution in [-0.4, -0.2) is 38.6 Å². The van der Waals surface area contributed by atoms with E-state index >= 15 is 0 Å². The number of likely N-dealkylation sites (N-methyl/N-ethyl adjacent to an activating group) is 1. The zero-order valence-corrected chi connectivity index (χ0v) is 11.1. The van der Waals surface area contributed by atoms with E-state index in [-0.39, 0.29) is 0 Å². The van der Waals surface area contributed by atoms with Crippen LogP contribution in [0.2, 0.25) is 0 Å². The molecule has 1 N–H and O–H groups in total. The van der Waals surface area contributed by atoms with Crippen molar-refractivity contribution in [2.75, 3.05) is 33.7 Å². The Morgan fingerprint density at radius 1 is 1.18 bits per heavy atom. The van der Waals surface area contributed by atoms with Crippen molar-refractivity contribution < 1.29 is 0 Å². The second kappa shape index (κ2) is 5.65. The fourth-order valence-electron chi connectivity index (χ4n) is 3.03. The summed E-state index contributed by atoms with van der Waals surface area (Å²) in [4.78, 5) is 2.46. The summed E-state index contributed by atoms with van der Waals surface area (Å²) < 4.78 is 0. The molecule has 0 amide bonds. The van der Waals surface area contributed by atoms with Gasteiger partial charge >= 0.3 is 0 Å². The summed E-state index contributed by atoms with van der Waals surface area (Å²) in [6, 6.07) is 11.0. The second-order valence-corrected chi connectivity index (χ2v) is 5.33. The molecule has 17 heavy (non-hydrogen) atoms. The number of nitrogens with zero attached hydrogens (tertiary/aromatic N) is 1. The van der Waals surface area contributed by atoms with Crippen LogP contribution in [0.5, 0.6) is 0 Å². The lowest BCUT2D eigenvalue weighted by atomic mass is 9.74. The van der Waals surface area contributed by atoms with Gasteiger partial charge in [0.15, 0.2) is 0 Å². The van der Waals surface area contributed by atoms with Crippen LogP contribution in [0.1, 0.15) is 24.8 Å². The third-order valence-corrected chi connectivity index (χ3v) is 4.07. The Labute approximate surface area is 105 Å². The molecule has 2 heteroatoms. The van der Waals surface area contributed by atoms with E-state index in [4.69, 9.17) is 0 Å². The van der Waals surface area contributed by atoms with Crippen LogP contribution < -0.4 is 5.32 Å². The van der Waals surface area contributed by atoms with Crippen LogP contribution in [0.25, 0.3) is 0 Å². The molecule has 1 saturated heterocycles. The molecule has 1 heterocycles. The molecule has 1 aliphatic heterocycles. The molecule has 1 fully saturated rings. The first-order valence-electron chi connectivity index (χ1n) is 6.65. The van der Waals surface area contributed by atoms with Gasteiger partial charge in [0.05, 0.1) is 0 Å². The van der Waals surface area contributed by atoms with Crippen molar-refractivity contribution in [3.05, 3.63) is 35.9 Å².